The zero-order chi connectivity index (χ0) is 18.1. The average molecular weight is 364 g/mol. The molecule has 0 heterocycles. The quantitative estimate of drug-likeness (QED) is 0.301. The van der Waals surface area contributed by atoms with E-state index in [1.807, 2.05) is 20.8 Å². The van der Waals surface area contributed by atoms with E-state index in [1.54, 1.807) is 0 Å². The number of carbonyl (C=O) groups excluding carboxylic acids is 1. The SMILES string of the molecule is CC(C)(C)OC(=O)NCCCCCCCCOCCCCCCCl. The van der Waals surface area contributed by atoms with Crippen LogP contribution < -0.4 is 5.32 Å². The smallest absolute Gasteiger partial charge is 0.407 e. The number of rotatable bonds is 15. The Hall–Kier alpha value is -0.480. The summed E-state index contributed by atoms with van der Waals surface area (Å²) in [5.74, 6) is 0.776. The van der Waals surface area contributed by atoms with Crippen LogP contribution in [0, 0.1) is 0 Å². The predicted octanol–water partition coefficient (Wildman–Crippen LogP) is 5.67. The highest BCUT2D eigenvalue weighted by atomic mass is 35.5. The molecular formula is C19H38ClNO3. The number of hydrogen-bond acceptors (Lipinski definition) is 3. The zero-order valence-corrected chi connectivity index (χ0v) is 16.8. The lowest BCUT2D eigenvalue weighted by Crippen LogP contribution is -2.32. The van der Waals surface area contributed by atoms with E-state index in [0.717, 1.165) is 51.2 Å². The summed E-state index contributed by atoms with van der Waals surface area (Å²) in [5.41, 5.74) is -0.420. The maximum absolute atomic E-state index is 11.4. The van der Waals surface area contributed by atoms with Gasteiger partial charge in [0.2, 0.25) is 0 Å². The highest BCUT2D eigenvalue weighted by molar-refractivity contribution is 6.17. The maximum atomic E-state index is 11.4. The number of amides is 1. The molecule has 0 radical (unpaired) electrons. The summed E-state index contributed by atoms with van der Waals surface area (Å²) in [6.07, 6.45) is 11.4. The second kappa shape index (κ2) is 16.0. The average Bonchev–Trinajstić information content (AvgIpc) is 2.49. The molecule has 4 nitrogen and oxygen atoms in total. The van der Waals surface area contributed by atoms with Crippen LogP contribution in [0.25, 0.3) is 0 Å². The van der Waals surface area contributed by atoms with Gasteiger partial charge in [0.1, 0.15) is 5.60 Å². The molecule has 1 amide bonds. The first-order valence-electron chi connectivity index (χ1n) is 9.56. The van der Waals surface area contributed by atoms with E-state index in [1.165, 1.54) is 32.1 Å². The van der Waals surface area contributed by atoms with Crippen molar-refractivity contribution >= 4 is 17.7 Å². The number of ether oxygens (including phenoxy) is 2. The van der Waals surface area contributed by atoms with Crippen LogP contribution in [0.1, 0.15) is 85.0 Å². The van der Waals surface area contributed by atoms with Gasteiger partial charge in [-0.15, -0.1) is 11.6 Å². The minimum atomic E-state index is -0.420. The van der Waals surface area contributed by atoms with E-state index in [-0.39, 0.29) is 6.09 Å². The van der Waals surface area contributed by atoms with Gasteiger partial charge in [0.15, 0.2) is 0 Å². The highest BCUT2D eigenvalue weighted by Crippen LogP contribution is 2.08. The first-order chi connectivity index (χ1) is 11.5. The largest absolute Gasteiger partial charge is 0.444 e. The minimum Gasteiger partial charge on any atom is -0.444 e. The lowest BCUT2D eigenvalue weighted by molar-refractivity contribution is 0.0527. The fourth-order valence-electron chi connectivity index (χ4n) is 2.30. The third-order valence-electron chi connectivity index (χ3n) is 3.56. The van der Waals surface area contributed by atoms with Gasteiger partial charge >= 0.3 is 6.09 Å². The van der Waals surface area contributed by atoms with Crippen molar-refractivity contribution in [2.24, 2.45) is 0 Å². The van der Waals surface area contributed by atoms with Crippen LogP contribution in [0.15, 0.2) is 0 Å². The molecule has 0 aromatic heterocycles. The Kier molecular flexibility index (Phi) is 15.7. The molecular weight excluding hydrogens is 326 g/mol. The first kappa shape index (κ1) is 23.5. The normalized spacial score (nSPS) is 11.5. The van der Waals surface area contributed by atoms with Gasteiger partial charge in [-0.25, -0.2) is 4.79 Å². The second-order valence-electron chi connectivity index (χ2n) is 7.27. The Morgan fingerprint density at radius 3 is 1.88 bits per heavy atom. The summed E-state index contributed by atoms with van der Waals surface area (Å²) in [5, 5.41) is 2.79. The van der Waals surface area contributed by atoms with Crippen molar-refractivity contribution in [2.45, 2.75) is 90.6 Å². The van der Waals surface area contributed by atoms with E-state index >= 15 is 0 Å². The molecule has 0 spiro atoms. The molecule has 0 bridgehead atoms. The summed E-state index contributed by atoms with van der Waals surface area (Å²) < 4.78 is 10.8. The van der Waals surface area contributed by atoms with Crippen LogP contribution >= 0.6 is 11.6 Å². The highest BCUT2D eigenvalue weighted by Gasteiger charge is 2.15. The van der Waals surface area contributed by atoms with Gasteiger partial charge < -0.3 is 14.8 Å². The molecule has 0 aliphatic rings. The fraction of sp³-hybridized carbons (Fsp3) is 0.947. The summed E-state index contributed by atoms with van der Waals surface area (Å²) in [6.45, 7) is 8.09. The molecule has 0 aliphatic heterocycles. The van der Waals surface area contributed by atoms with E-state index < -0.39 is 5.60 Å². The number of halogens is 1. The summed E-state index contributed by atoms with van der Waals surface area (Å²) in [6, 6.07) is 0. The Morgan fingerprint density at radius 1 is 0.833 bits per heavy atom. The van der Waals surface area contributed by atoms with Crippen molar-refractivity contribution in [1.82, 2.24) is 5.32 Å². The predicted molar refractivity (Wildman–Crippen MR) is 102 cm³/mol. The molecule has 1 N–H and O–H groups in total. The Bertz CT molecular complexity index is 293. The maximum Gasteiger partial charge on any atom is 0.407 e. The first-order valence-corrected chi connectivity index (χ1v) is 10.1. The van der Waals surface area contributed by atoms with Gasteiger partial charge in [0, 0.05) is 25.6 Å². The molecule has 5 heteroatoms. The van der Waals surface area contributed by atoms with Gasteiger partial charge in [-0.05, 0) is 46.5 Å². The molecule has 0 rings (SSSR count). The van der Waals surface area contributed by atoms with E-state index in [0.29, 0.717) is 6.54 Å². The van der Waals surface area contributed by atoms with Crippen molar-refractivity contribution in [1.29, 1.82) is 0 Å². The summed E-state index contributed by atoms with van der Waals surface area (Å²) in [7, 11) is 0. The molecule has 0 fully saturated rings. The number of hydrogen-bond donors (Lipinski definition) is 1. The molecule has 0 saturated carbocycles. The minimum absolute atomic E-state index is 0.317. The van der Waals surface area contributed by atoms with Crippen LogP contribution in [-0.4, -0.2) is 37.3 Å². The molecule has 0 unspecified atom stereocenters. The molecule has 0 saturated heterocycles. The van der Waals surface area contributed by atoms with Gasteiger partial charge in [-0.2, -0.15) is 0 Å². The van der Waals surface area contributed by atoms with Gasteiger partial charge in [-0.1, -0.05) is 38.5 Å². The van der Waals surface area contributed by atoms with E-state index in [4.69, 9.17) is 21.1 Å². The molecule has 0 aliphatic carbocycles. The van der Waals surface area contributed by atoms with Crippen LogP contribution in [0.5, 0.6) is 0 Å². The number of carbonyl (C=O) groups is 1. The van der Waals surface area contributed by atoms with Crippen LogP contribution in [-0.2, 0) is 9.47 Å². The number of unbranched alkanes of at least 4 members (excludes halogenated alkanes) is 8. The number of nitrogens with one attached hydrogen (secondary N) is 1. The van der Waals surface area contributed by atoms with Crippen LogP contribution in [0.4, 0.5) is 4.79 Å². The van der Waals surface area contributed by atoms with Crippen molar-refractivity contribution in [2.75, 3.05) is 25.6 Å². The lowest BCUT2D eigenvalue weighted by atomic mass is 10.1. The third-order valence-corrected chi connectivity index (χ3v) is 3.82. The fourth-order valence-corrected chi connectivity index (χ4v) is 2.48. The Labute approximate surface area is 154 Å². The molecule has 144 valence electrons. The topological polar surface area (TPSA) is 47.6 Å². The van der Waals surface area contributed by atoms with Gasteiger partial charge in [-0.3, -0.25) is 0 Å². The van der Waals surface area contributed by atoms with E-state index in [9.17, 15) is 4.79 Å². The summed E-state index contributed by atoms with van der Waals surface area (Å²) in [4.78, 5) is 11.4. The Morgan fingerprint density at radius 2 is 1.33 bits per heavy atom. The van der Waals surface area contributed by atoms with Crippen molar-refractivity contribution < 1.29 is 14.3 Å². The number of alkyl halides is 1. The van der Waals surface area contributed by atoms with Crippen molar-refractivity contribution in [3.05, 3.63) is 0 Å². The monoisotopic (exact) mass is 363 g/mol. The summed E-state index contributed by atoms with van der Waals surface area (Å²) >= 11 is 5.63. The van der Waals surface area contributed by atoms with Crippen LogP contribution in [0.2, 0.25) is 0 Å². The third kappa shape index (κ3) is 19.6. The second-order valence-corrected chi connectivity index (χ2v) is 7.64. The molecule has 0 atom stereocenters. The van der Waals surface area contributed by atoms with Gasteiger partial charge in [0.25, 0.3) is 0 Å². The van der Waals surface area contributed by atoms with E-state index in [2.05, 4.69) is 5.32 Å². The number of alkyl carbamates (subject to hydrolysis) is 1. The standard InChI is InChI=1S/C19H38ClNO3/c1-19(2,3)24-18(22)21-15-11-7-4-5-8-12-16-23-17-13-9-6-10-14-20/h4-17H2,1-3H3,(H,21,22). The van der Waals surface area contributed by atoms with Crippen LogP contribution in [0.3, 0.4) is 0 Å². The van der Waals surface area contributed by atoms with Crippen molar-refractivity contribution in [3.8, 4) is 0 Å². The molecule has 0 aromatic rings. The molecule has 0 aromatic carbocycles. The Balaban J connectivity index is 3.14. The molecule has 24 heavy (non-hydrogen) atoms. The zero-order valence-electron chi connectivity index (χ0n) is 16.0. The lowest BCUT2D eigenvalue weighted by Gasteiger charge is -2.19. The van der Waals surface area contributed by atoms with Crippen molar-refractivity contribution in [3.63, 3.8) is 0 Å². The van der Waals surface area contributed by atoms with Gasteiger partial charge in [0.05, 0.1) is 0 Å².